The van der Waals surface area contributed by atoms with Crippen LogP contribution in [0.3, 0.4) is 0 Å². The standard InChI is InChI=1S/C27H36N2O2S2/c1-2-3-4-5-6-12-26(30)31-19-9-14-28-15-17-29(18-16-28)24-21-22-10-7-8-11-25(22)33-27-23(24)13-20-32-27/h7-8,10-11,13,20-21H,2-6,9,12,14-19H2,1H3. The van der Waals surface area contributed by atoms with Crippen LogP contribution in [0, 0.1) is 0 Å². The van der Waals surface area contributed by atoms with Gasteiger partial charge in [-0.1, -0.05) is 62.6 Å². The number of carbonyl (C=O) groups is 1. The molecule has 1 aromatic carbocycles. The Labute approximate surface area is 207 Å². The molecule has 0 spiro atoms. The zero-order valence-corrected chi connectivity index (χ0v) is 21.4. The van der Waals surface area contributed by atoms with E-state index in [2.05, 4.69) is 58.5 Å². The van der Waals surface area contributed by atoms with Crippen LogP contribution in [0.15, 0.2) is 44.8 Å². The molecule has 33 heavy (non-hydrogen) atoms. The molecule has 6 heteroatoms. The molecule has 0 aliphatic carbocycles. The van der Waals surface area contributed by atoms with E-state index in [1.807, 2.05) is 23.1 Å². The van der Waals surface area contributed by atoms with E-state index in [-0.39, 0.29) is 5.97 Å². The molecule has 178 valence electrons. The fourth-order valence-corrected chi connectivity index (χ4v) is 6.60. The summed E-state index contributed by atoms with van der Waals surface area (Å²) in [5.74, 6) is -0.0265. The molecular weight excluding hydrogens is 448 g/mol. The third-order valence-electron chi connectivity index (χ3n) is 6.40. The van der Waals surface area contributed by atoms with E-state index in [9.17, 15) is 4.79 Å². The molecule has 0 unspecified atom stereocenters. The van der Waals surface area contributed by atoms with Crippen LogP contribution in [-0.4, -0.2) is 55.1 Å². The number of hydrogen-bond donors (Lipinski definition) is 0. The van der Waals surface area contributed by atoms with E-state index in [1.165, 1.54) is 45.2 Å². The first-order valence-corrected chi connectivity index (χ1v) is 14.1. The third kappa shape index (κ3) is 6.87. The van der Waals surface area contributed by atoms with Crippen molar-refractivity contribution in [2.24, 2.45) is 0 Å². The number of thiophene rings is 1. The summed E-state index contributed by atoms with van der Waals surface area (Å²) in [5, 5.41) is 2.21. The Morgan fingerprint density at radius 1 is 1.00 bits per heavy atom. The Hall–Kier alpha value is -1.76. The van der Waals surface area contributed by atoms with Crippen LogP contribution < -0.4 is 0 Å². The van der Waals surface area contributed by atoms with Crippen LogP contribution in [0.4, 0.5) is 0 Å². The SMILES string of the molecule is CCCCCCCC(=O)OCCCN1CCN(C2=Cc3ccccc3Sc3sccc32)CC1. The summed E-state index contributed by atoms with van der Waals surface area (Å²) in [5.41, 5.74) is 4.04. The van der Waals surface area contributed by atoms with Gasteiger partial charge in [0.25, 0.3) is 0 Å². The summed E-state index contributed by atoms with van der Waals surface area (Å²) in [6.45, 7) is 7.93. The lowest BCUT2D eigenvalue weighted by molar-refractivity contribution is -0.144. The van der Waals surface area contributed by atoms with Gasteiger partial charge in [0.15, 0.2) is 0 Å². The van der Waals surface area contributed by atoms with E-state index in [0.29, 0.717) is 13.0 Å². The summed E-state index contributed by atoms with van der Waals surface area (Å²) in [4.78, 5) is 18.3. The number of piperazine rings is 1. The van der Waals surface area contributed by atoms with Crippen molar-refractivity contribution in [3.63, 3.8) is 0 Å². The Bertz CT molecular complexity index is 932. The summed E-state index contributed by atoms with van der Waals surface area (Å²) >= 11 is 3.73. The van der Waals surface area contributed by atoms with Crippen LogP contribution in [0.2, 0.25) is 0 Å². The lowest BCUT2D eigenvalue weighted by atomic mass is 10.1. The number of esters is 1. The number of nitrogens with zero attached hydrogens (tertiary/aromatic N) is 2. The normalized spacial score (nSPS) is 16.0. The number of benzene rings is 1. The summed E-state index contributed by atoms with van der Waals surface area (Å²) in [7, 11) is 0. The number of carbonyl (C=O) groups excluding carboxylic acids is 1. The average Bonchev–Trinajstić information content (AvgIpc) is 3.23. The molecule has 1 saturated heterocycles. The van der Waals surface area contributed by atoms with Crippen LogP contribution in [0.1, 0.15) is 63.0 Å². The second-order valence-electron chi connectivity index (χ2n) is 8.86. The van der Waals surface area contributed by atoms with Crippen molar-refractivity contribution >= 4 is 40.8 Å². The lowest BCUT2D eigenvalue weighted by Crippen LogP contribution is -2.45. The van der Waals surface area contributed by atoms with Gasteiger partial charge < -0.3 is 9.64 Å². The molecule has 1 aromatic heterocycles. The van der Waals surface area contributed by atoms with Crippen molar-refractivity contribution < 1.29 is 9.53 Å². The number of hydrogen-bond acceptors (Lipinski definition) is 6. The minimum Gasteiger partial charge on any atom is -0.466 e. The van der Waals surface area contributed by atoms with Gasteiger partial charge in [-0.25, -0.2) is 0 Å². The topological polar surface area (TPSA) is 32.8 Å². The average molecular weight is 485 g/mol. The smallest absolute Gasteiger partial charge is 0.305 e. The highest BCUT2D eigenvalue weighted by Gasteiger charge is 2.24. The molecule has 0 saturated carbocycles. The van der Waals surface area contributed by atoms with Gasteiger partial charge >= 0.3 is 5.97 Å². The maximum atomic E-state index is 11.9. The molecule has 2 aromatic rings. The molecule has 0 amide bonds. The maximum Gasteiger partial charge on any atom is 0.305 e. The molecule has 0 bridgehead atoms. The van der Waals surface area contributed by atoms with Crippen molar-refractivity contribution in [2.45, 2.75) is 61.0 Å². The summed E-state index contributed by atoms with van der Waals surface area (Å²) in [6.07, 6.45) is 9.70. The monoisotopic (exact) mass is 484 g/mol. The third-order valence-corrected chi connectivity index (χ3v) is 8.64. The highest BCUT2D eigenvalue weighted by molar-refractivity contribution is 8.01. The fourth-order valence-electron chi connectivity index (χ4n) is 4.48. The fraction of sp³-hybridized carbons (Fsp3) is 0.519. The van der Waals surface area contributed by atoms with Crippen LogP contribution in [-0.2, 0) is 9.53 Å². The van der Waals surface area contributed by atoms with Crippen molar-refractivity contribution in [3.8, 4) is 0 Å². The van der Waals surface area contributed by atoms with E-state index in [1.54, 1.807) is 0 Å². The summed E-state index contributed by atoms with van der Waals surface area (Å²) < 4.78 is 6.84. The molecule has 0 N–H and O–H groups in total. The highest BCUT2D eigenvalue weighted by Crippen LogP contribution is 2.44. The van der Waals surface area contributed by atoms with Gasteiger partial charge in [-0.2, -0.15) is 0 Å². The zero-order chi connectivity index (χ0) is 22.9. The molecule has 1 fully saturated rings. The van der Waals surface area contributed by atoms with Crippen LogP contribution >= 0.6 is 23.1 Å². The van der Waals surface area contributed by atoms with Gasteiger partial charge in [-0.05, 0) is 42.0 Å². The van der Waals surface area contributed by atoms with Crippen molar-refractivity contribution in [2.75, 3.05) is 39.3 Å². The largest absolute Gasteiger partial charge is 0.466 e. The van der Waals surface area contributed by atoms with Gasteiger partial charge in [0.2, 0.25) is 0 Å². The molecule has 2 aliphatic rings. The van der Waals surface area contributed by atoms with Crippen LogP contribution in [0.25, 0.3) is 11.8 Å². The van der Waals surface area contributed by atoms with Gasteiger partial charge in [-0.3, -0.25) is 9.69 Å². The zero-order valence-electron chi connectivity index (χ0n) is 19.8. The first-order valence-electron chi connectivity index (χ1n) is 12.4. The molecule has 4 nitrogen and oxygen atoms in total. The lowest BCUT2D eigenvalue weighted by Gasteiger charge is -2.37. The molecule has 4 rings (SSSR count). The van der Waals surface area contributed by atoms with Crippen molar-refractivity contribution in [3.05, 3.63) is 46.8 Å². The van der Waals surface area contributed by atoms with E-state index in [0.717, 1.165) is 52.0 Å². The highest BCUT2D eigenvalue weighted by atomic mass is 32.2. The first kappa shape index (κ1) is 24.4. The predicted molar refractivity (Wildman–Crippen MR) is 140 cm³/mol. The van der Waals surface area contributed by atoms with Crippen LogP contribution in [0.5, 0.6) is 0 Å². The molecule has 0 radical (unpaired) electrons. The second-order valence-corrected chi connectivity index (χ2v) is 11.1. The van der Waals surface area contributed by atoms with E-state index >= 15 is 0 Å². The number of rotatable bonds is 11. The Balaban J connectivity index is 1.21. The summed E-state index contributed by atoms with van der Waals surface area (Å²) in [6, 6.07) is 11.0. The molecule has 2 aliphatic heterocycles. The predicted octanol–water partition coefficient (Wildman–Crippen LogP) is 6.62. The Kier molecular flexibility index (Phi) is 9.33. The number of unbranched alkanes of at least 4 members (excludes halogenated alkanes) is 4. The van der Waals surface area contributed by atoms with Crippen molar-refractivity contribution in [1.82, 2.24) is 9.80 Å². The van der Waals surface area contributed by atoms with E-state index < -0.39 is 0 Å². The number of ether oxygens (including phenoxy) is 1. The van der Waals surface area contributed by atoms with Gasteiger partial charge in [0, 0.05) is 55.3 Å². The van der Waals surface area contributed by atoms with Gasteiger partial charge in [-0.15, -0.1) is 11.3 Å². The number of fused-ring (bicyclic) bond motifs is 2. The van der Waals surface area contributed by atoms with Crippen molar-refractivity contribution in [1.29, 1.82) is 0 Å². The van der Waals surface area contributed by atoms with Gasteiger partial charge in [0.1, 0.15) is 0 Å². The quantitative estimate of drug-likeness (QED) is 0.264. The maximum absolute atomic E-state index is 11.9. The Morgan fingerprint density at radius 2 is 1.82 bits per heavy atom. The minimum absolute atomic E-state index is 0.0265. The van der Waals surface area contributed by atoms with E-state index in [4.69, 9.17) is 4.74 Å². The Morgan fingerprint density at radius 3 is 2.67 bits per heavy atom. The first-order chi connectivity index (χ1) is 16.2. The minimum atomic E-state index is -0.0265. The second kappa shape index (κ2) is 12.6. The molecule has 3 heterocycles. The molecule has 0 atom stereocenters. The van der Waals surface area contributed by atoms with Gasteiger partial charge in [0.05, 0.1) is 10.8 Å². The molecular formula is C27H36N2O2S2.